The number of carbonyl (C=O) groups excluding carboxylic acids is 1. The molecular weight excluding hydrogens is 462 g/mol. The van der Waals surface area contributed by atoms with Crippen LogP contribution in [0.4, 0.5) is 4.39 Å². The summed E-state index contributed by atoms with van der Waals surface area (Å²) in [6, 6.07) is 10.6. The Kier molecular flexibility index (Phi) is 5.97. The Balaban J connectivity index is 1.46. The summed E-state index contributed by atoms with van der Waals surface area (Å²) in [6.07, 6.45) is 1.72. The molecule has 2 aromatic carbocycles. The van der Waals surface area contributed by atoms with Gasteiger partial charge in [-0.2, -0.15) is 0 Å². The highest BCUT2D eigenvalue weighted by Gasteiger charge is 2.47. The Labute approximate surface area is 195 Å². The summed E-state index contributed by atoms with van der Waals surface area (Å²) in [5.41, 5.74) is 0.701. The number of oxime groups is 1. The van der Waals surface area contributed by atoms with Gasteiger partial charge in [0.1, 0.15) is 0 Å². The molecule has 2 heterocycles. The van der Waals surface area contributed by atoms with Gasteiger partial charge in [-0.1, -0.05) is 71.1 Å². The standard InChI is InChI=1S/C23H22Cl3FN2O2/c1-3-4-20(30)29-12-23(27,13-29)15-7-5-14(6-8-15)19-11-22(2,31-28-19)16-9-17(24)21(26)18(25)10-16/h5-10H,3-4,11-13H2,1-2H3. The zero-order valence-corrected chi connectivity index (χ0v) is 19.5. The van der Waals surface area contributed by atoms with Gasteiger partial charge >= 0.3 is 0 Å². The Morgan fingerprint density at radius 3 is 2.32 bits per heavy atom. The maximum Gasteiger partial charge on any atom is 0.222 e. The number of carbonyl (C=O) groups is 1. The van der Waals surface area contributed by atoms with Crippen LogP contribution < -0.4 is 0 Å². The van der Waals surface area contributed by atoms with E-state index in [4.69, 9.17) is 39.6 Å². The number of benzene rings is 2. The zero-order chi connectivity index (χ0) is 22.4. The lowest BCUT2D eigenvalue weighted by Crippen LogP contribution is -2.58. The Bertz CT molecular complexity index is 1030. The van der Waals surface area contributed by atoms with Gasteiger partial charge in [0.05, 0.1) is 33.9 Å². The van der Waals surface area contributed by atoms with Crippen molar-refractivity contribution in [1.29, 1.82) is 0 Å². The van der Waals surface area contributed by atoms with Crippen LogP contribution in [0.1, 0.15) is 49.8 Å². The van der Waals surface area contributed by atoms with Crippen molar-refractivity contribution < 1.29 is 14.0 Å². The van der Waals surface area contributed by atoms with Gasteiger partial charge in [0.2, 0.25) is 5.91 Å². The van der Waals surface area contributed by atoms with Crippen LogP contribution in [-0.2, 0) is 20.9 Å². The van der Waals surface area contributed by atoms with Crippen molar-refractivity contribution in [2.45, 2.75) is 44.4 Å². The number of amides is 1. The van der Waals surface area contributed by atoms with Crippen LogP contribution in [0.2, 0.25) is 15.1 Å². The SMILES string of the molecule is CCCC(=O)N1CC(F)(c2ccc(C3=NOC(C)(c4cc(Cl)c(Cl)c(Cl)c4)C3)cc2)C1. The van der Waals surface area contributed by atoms with E-state index in [9.17, 15) is 4.79 Å². The molecule has 1 unspecified atom stereocenters. The summed E-state index contributed by atoms with van der Waals surface area (Å²) < 4.78 is 15.2. The molecule has 0 radical (unpaired) electrons. The topological polar surface area (TPSA) is 41.9 Å². The molecule has 4 rings (SSSR count). The summed E-state index contributed by atoms with van der Waals surface area (Å²) >= 11 is 18.4. The molecule has 1 atom stereocenters. The van der Waals surface area contributed by atoms with E-state index in [1.807, 2.05) is 26.0 Å². The van der Waals surface area contributed by atoms with Gasteiger partial charge in [0, 0.05) is 18.4 Å². The van der Waals surface area contributed by atoms with E-state index >= 15 is 4.39 Å². The smallest absolute Gasteiger partial charge is 0.222 e. The number of likely N-dealkylation sites (tertiary alicyclic amines) is 1. The summed E-state index contributed by atoms with van der Waals surface area (Å²) in [6.45, 7) is 4.05. The second-order valence-electron chi connectivity index (χ2n) is 8.33. The predicted molar refractivity (Wildman–Crippen MR) is 122 cm³/mol. The van der Waals surface area contributed by atoms with Crippen LogP contribution in [0.5, 0.6) is 0 Å². The number of hydrogen-bond donors (Lipinski definition) is 0. The quantitative estimate of drug-likeness (QED) is 0.456. The molecule has 8 heteroatoms. The summed E-state index contributed by atoms with van der Waals surface area (Å²) in [4.78, 5) is 19.2. The van der Waals surface area contributed by atoms with E-state index in [2.05, 4.69) is 5.16 Å². The highest BCUT2D eigenvalue weighted by molar-refractivity contribution is 6.48. The first-order valence-corrected chi connectivity index (χ1v) is 11.3. The minimum atomic E-state index is -1.50. The van der Waals surface area contributed by atoms with E-state index in [-0.39, 0.29) is 19.0 Å². The van der Waals surface area contributed by atoms with Crippen molar-refractivity contribution in [2.24, 2.45) is 5.16 Å². The second kappa shape index (κ2) is 8.27. The molecule has 0 aliphatic carbocycles. The maximum atomic E-state index is 15.2. The highest BCUT2D eigenvalue weighted by Crippen LogP contribution is 2.41. The lowest BCUT2D eigenvalue weighted by Gasteiger charge is -2.44. The summed E-state index contributed by atoms with van der Waals surface area (Å²) in [7, 11) is 0. The van der Waals surface area contributed by atoms with Gasteiger partial charge in [0.25, 0.3) is 0 Å². The molecule has 1 amide bonds. The van der Waals surface area contributed by atoms with Crippen LogP contribution in [0.3, 0.4) is 0 Å². The molecule has 31 heavy (non-hydrogen) atoms. The Morgan fingerprint density at radius 1 is 1.13 bits per heavy atom. The van der Waals surface area contributed by atoms with Crippen molar-refractivity contribution in [3.8, 4) is 0 Å². The number of alkyl halides is 1. The third-order valence-electron chi connectivity index (χ3n) is 5.89. The van der Waals surface area contributed by atoms with E-state index in [0.29, 0.717) is 33.5 Å². The zero-order valence-electron chi connectivity index (χ0n) is 17.2. The van der Waals surface area contributed by atoms with Gasteiger partial charge in [-0.05, 0) is 36.6 Å². The molecule has 2 aromatic rings. The first-order chi connectivity index (χ1) is 14.6. The van der Waals surface area contributed by atoms with Gasteiger partial charge in [-0.3, -0.25) is 4.79 Å². The molecule has 2 aliphatic rings. The van der Waals surface area contributed by atoms with Gasteiger partial charge in [0.15, 0.2) is 11.3 Å². The number of halogens is 4. The molecule has 1 saturated heterocycles. The van der Waals surface area contributed by atoms with E-state index < -0.39 is 11.3 Å². The number of rotatable bonds is 5. The van der Waals surface area contributed by atoms with Gasteiger partial charge in [-0.25, -0.2) is 4.39 Å². The minimum Gasteiger partial charge on any atom is -0.384 e. The van der Waals surface area contributed by atoms with Crippen molar-refractivity contribution in [3.63, 3.8) is 0 Å². The minimum absolute atomic E-state index is 0.00606. The summed E-state index contributed by atoms with van der Waals surface area (Å²) in [5, 5.41) is 5.26. The third-order valence-corrected chi connectivity index (χ3v) is 7.09. The predicted octanol–water partition coefficient (Wildman–Crippen LogP) is 6.49. The van der Waals surface area contributed by atoms with Crippen LogP contribution in [0, 0.1) is 0 Å². The molecule has 2 aliphatic heterocycles. The summed E-state index contributed by atoms with van der Waals surface area (Å²) in [5.74, 6) is 0.00606. The van der Waals surface area contributed by atoms with Gasteiger partial charge < -0.3 is 9.74 Å². The normalized spacial score (nSPS) is 22.0. The molecule has 0 N–H and O–H groups in total. The monoisotopic (exact) mass is 482 g/mol. The largest absolute Gasteiger partial charge is 0.384 e. The molecule has 0 saturated carbocycles. The van der Waals surface area contributed by atoms with E-state index in [1.54, 1.807) is 29.2 Å². The third kappa shape index (κ3) is 4.15. The fourth-order valence-electron chi connectivity index (χ4n) is 3.96. The number of hydrogen-bond acceptors (Lipinski definition) is 3. The van der Waals surface area contributed by atoms with Crippen LogP contribution in [0.15, 0.2) is 41.6 Å². The molecule has 0 spiro atoms. The molecule has 4 nitrogen and oxygen atoms in total. The molecule has 164 valence electrons. The number of nitrogens with zero attached hydrogens (tertiary/aromatic N) is 2. The molecule has 0 bridgehead atoms. The fraction of sp³-hybridized carbons (Fsp3) is 0.391. The van der Waals surface area contributed by atoms with Crippen LogP contribution in [-0.4, -0.2) is 29.6 Å². The van der Waals surface area contributed by atoms with Crippen molar-refractivity contribution in [2.75, 3.05) is 13.1 Å². The van der Waals surface area contributed by atoms with Crippen LogP contribution >= 0.6 is 34.8 Å². The lowest BCUT2D eigenvalue weighted by atomic mass is 9.85. The van der Waals surface area contributed by atoms with Crippen LogP contribution in [0.25, 0.3) is 0 Å². The van der Waals surface area contributed by atoms with Crippen molar-refractivity contribution in [1.82, 2.24) is 4.90 Å². The highest BCUT2D eigenvalue weighted by atomic mass is 35.5. The second-order valence-corrected chi connectivity index (χ2v) is 9.53. The maximum absolute atomic E-state index is 15.2. The van der Waals surface area contributed by atoms with Crippen molar-refractivity contribution >= 4 is 46.4 Å². The lowest BCUT2D eigenvalue weighted by molar-refractivity contribution is -0.146. The average molecular weight is 484 g/mol. The molecule has 0 aromatic heterocycles. The fourth-order valence-corrected chi connectivity index (χ4v) is 4.56. The first-order valence-electron chi connectivity index (χ1n) is 10.1. The van der Waals surface area contributed by atoms with Gasteiger partial charge in [-0.15, -0.1) is 0 Å². The molecule has 1 fully saturated rings. The first kappa shape index (κ1) is 22.4. The molecular formula is C23H22Cl3FN2O2. The van der Waals surface area contributed by atoms with E-state index in [1.165, 1.54) is 0 Å². The van der Waals surface area contributed by atoms with E-state index in [0.717, 1.165) is 23.3 Å². The Hall–Kier alpha value is -1.82. The van der Waals surface area contributed by atoms with Crippen molar-refractivity contribution in [3.05, 3.63) is 68.2 Å². The average Bonchev–Trinajstić information content (AvgIpc) is 3.13. The Morgan fingerprint density at radius 2 is 1.74 bits per heavy atom.